The number of halogens is 4. The molecule has 0 fully saturated rings. The monoisotopic (exact) mass is 347 g/mol. The second kappa shape index (κ2) is 6.01. The van der Waals surface area contributed by atoms with Crippen LogP contribution in [0.15, 0.2) is 39.2 Å². The smallest absolute Gasteiger partial charge is 0.416 e. The van der Waals surface area contributed by atoms with Crippen molar-refractivity contribution in [2.45, 2.75) is 19.6 Å². The molecule has 0 aliphatic heterocycles. The number of rotatable bonds is 4. The van der Waals surface area contributed by atoms with Crippen LogP contribution in [0.1, 0.15) is 18.2 Å². The fourth-order valence-corrected chi connectivity index (χ4v) is 2.20. The molecule has 0 bridgehead atoms. The van der Waals surface area contributed by atoms with Crippen molar-refractivity contribution in [2.24, 2.45) is 0 Å². The van der Waals surface area contributed by atoms with E-state index in [-0.39, 0.29) is 0 Å². The molecule has 2 rings (SSSR count). The van der Waals surface area contributed by atoms with Gasteiger partial charge in [-0.25, -0.2) is 0 Å². The van der Waals surface area contributed by atoms with Crippen LogP contribution in [-0.4, -0.2) is 6.54 Å². The molecule has 1 heterocycles. The highest BCUT2D eigenvalue weighted by Gasteiger charge is 2.31. The summed E-state index contributed by atoms with van der Waals surface area (Å²) in [6.07, 6.45) is -4.37. The second-order valence-corrected chi connectivity index (χ2v) is 5.09. The zero-order chi connectivity index (χ0) is 14.8. The van der Waals surface area contributed by atoms with Gasteiger partial charge in [0.05, 0.1) is 12.1 Å². The summed E-state index contributed by atoms with van der Waals surface area (Å²) in [6, 6.07) is 6.93. The molecular formula is C14H13BrF3NO. The first-order valence-electron chi connectivity index (χ1n) is 6.08. The number of benzene rings is 1. The molecule has 0 saturated carbocycles. The molecule has 1 aromatic carbocycles. The summed E-state index contributed by atoms with van der Waals surface area (Å²) in [6.45, 7) is 3.31. The lowest BCUT2D eigenvalue weighted by atomic mass is 10.1. The summed E-state index contributed by atoms with van der Waals surface area (Å²) < 4.78 is 44.3. The fraction of sp³-hybridized carbons (Fsp3) is 0.286. The van der Waals surface area contributed by atoms with Gasteiger partial charge in [-0.15, -0.1) is 0 Å². The summed E-state index contributed by atoms with van der Waals surface area (Å²) >= 11 is 3.25. The molecule has 0 aliphatic rings. The number of hydrogen-bond acceptors (Lipinski definition) is 2. The largest absolute Gasteiger partial charge is 0.460 e. The summed E-state index contributed by atoms with van der Waals surface area (Å²) in [7, 11) is 0. The molecular weight excluding hydrogens is 335 g/mol. The van der Waals surface area contributed by atoms with Crippen LogP contribution in [0.4, 0.5) is 13.2 Å². The van der Waals surface area contributed by atoms with Gasteiger partial charge in [0.2, 0.25) is 0 Å². The molecule has 0 unspecified atom stereocenters. The number of alkyl halides is 3. The standard InChI is InChI=1S/C14H13BrF3NO/c1-2-19-8-10-4-6-13(20-10)11-7-9(14(16,17)18)3-5-12(11)15/h3-7,19H,2,8H2,1H3. The Morgan fingerprint density at radius 3 is 2.60 bits per heavy atom. The predicted octanol–water partition coefficient (Wildman–Crippen LogP) is 4.84. The van der Waals surface area contributed by atoms with Crippen molar-refractivity contribution < 1.29 is 17.6 Å². The molecule has 0 saturated heterocycles. The van der Waals surface area contributed by atoms with Gasteiger partial charge in [0.25, 0.3) is 0 Å². The molecule has 6 heteroatoms. The molecule has 0 atom stereocenters. The first-order valence-corrected chi connectivity index (χ1v) is 6.87. The second-order valence-electron chi connectivity index (χ2n) is 4.24. The van der Waals surface area contributed by atoms with Crippen molar-refractivity contribution in [2.75, 3.05) is 6.54 Å². The summed E-state index contributed by atoms with van der Waals surface area (Å²) in [5.74, 6) is 1.10. The van der Waals surface area contributed by atoms with Crippen LogP contribution in [0.25, 0.3) is 11.3 Å². The van der Waals surface area contributed by atoms with Crippen LogP contribution >= 0.6 is 15.9 Å². The lowest BCUT2D eigenvalue weighted by molar-refractivity contribution is -0.137. The minimum Gasteiger partial charge on any atom is -0.460 e. The first-order chi connectivity index (χ1) is 9.41. The fourth-order valence-electron chi connectivity index (χ4n) is 1.76. The third kappa shape index (κ3) is 3.43. The Bertz CT molecular complexity index is 592. The quantitative estimate of drug-likeness (QED) is 0.856. The van der Waals surface area contributed by atoms with Crippen LogP contribution < -0.4 is 5.32 Å². The molecule has 1 aromatic heterocycles. The van der Waals surface area contributed by atoms with Gasteiger partial charge in [-0.1, -0.05) is 22.9 Å². The van der Waals surface area contributed by atoms with Crippen LogP contribution in [0, 0.1) is 0 Å². The minimum atomic E-state index is -4.37. The van der Waals surface area contributed by atoms with Gasteiger partial charge in [-0.05, 0) is 36.9 Å². The van der Waals surface area contributed by atoms with Crippen molar-refractivity contribution in [1.82, 2.24) is 5.32 Å². The van der Waals surface area contributed by atoms with Gasteiger partial charge in [0.1, 0.15) is 11.5 Å². The Morgan fingerprint density at radius 1 is 1.20 bits per heavy atom. The number of furan rings is 1. The summed E-state index contributed by atoms with van der Waals surface area (Å²) in [5, 5.41) is 3.09. The highest BCUT2D eigenvalue weighted by Crippen LogP contribution is 2.36. The molecule has 0 aliphatic carbocycles. The van der Waals surface area contributed by atoms with Crippen molar-refractivity contribution in [3.63, 3.8) is 0 Å². The van der Waals surface area contributed by atoms with E-state index < -0.39 is 11.7 Å². The topological polar surface area (TPSA) is 25.2 Å². The van der Waals surface area contributed by atoms with Crippen LogP contribution in [0.3, 0.4) is 0 Å². The predicted molar refractivity (Wildman–Crippen MR) is 74.2 cm³/mol. The Morgan fingerprint density at radius 2 is 1.95 bits per heavy atom. The molecule has 2 nitrogen and oxygen atoms in total. The molecule has 2 aromatic rings. The van der Waals surface area contributed by atoms with E-state index in [1.165, 1.54) is 6.07 Å². The van der Waals surface area contributed by atoms with Gasteiger partial charge >= 0.3 is 6.18 Å². The average Bonchev–Trinajstić information content (AvgIpc) is 2.84. The molecule has 108 valence electrons. The van der Waals surface area contributed by atoms with E-state index in [0.29, 0.717) is 28.1 Å². The van der Waals surface area contributed by atoms with Gasteiger partial charge in [0, 0.05) is 10.0 Å². The van der Waals surface area contributed by atoms with Gasteiger partial charge in [-0.2, -0.15) is 13.2 Å². The van der Waals surface area contributed by atoms with E-state index >= 15 is 0 Å². The van der Waals surface area contributed by atoms with Crippen LogP contribution in [0.2, 0.25) is 0 Å². The van der Waals surface area contributed by atoms with E-state index in [9.17, 15) is 13.2 Å². The summed E-state index contributed by atoms with van der Waals surface area (Å²) in [4.78, 5) is 0. The van der Waals surface area contributed by atoms with E-state index in [1.54, 1.807) is 12.1 Å². The van der Waals surface area contributed by atoms with Crippen molar-refractivity contribution in [3.05, 3.63) is 46.1 Å². The SMILES string of the molecule is CCNCc1ccc(-c2cc(C(F)(F)F)ccc2Br)o1. The summed E-state index contributed by atoms with van der Waals surface area (Å²) in [5.41, 5.74) is -0.303. The minimum absolute atomic E-state index is 0.391. The average molecular weight is 348 g/mol. The Hall–Kier alpha value is -1.27. The van der Waals surface area contributed by atoms with Gasteiger partial charge in [0.15, 0.2) is 0 Å². The maximum Gasteiger partial charge on any atom is 0.416 e. The number of nitrogens with one attached hydrogen (secondary N) is 1. The van der Waals surface area contributed by atoms with Crippen molar-refractivity contribution in [3.8, 4) is 11.3 Å². The number of hydrogen-bond donors (Lipinski definition) is 1. The third-order valence-electron chi connectivity index (χ3n) is 2.77. The zero-order valence-electron chi connectivity index (χ0n) is 10.7. The van der Waals surface area contributed by atoms with Gasteiger partial charge in [-0.3, -0.25) is 0 Å². The lowest BCUT2D eigenvalue weighted by Crippen LogP contribution is -2.10. The Labute approximate surface area is 123 Å². The van der Waals surface area contributed by atoms with Gasteiger partial charge < -0.3 is 9.73 Å². The normalized spacial score (nSPS) is 11.8. The van der Waals surface area contributed by atoms with Crippen LogP contribution in [0.5, 0.6) is 0 Å². The van der Waals surface area contributed by atoms with Crippen LogP contribution in [-0.2, 0) is 12.7 Å². The van der Waals surface area contributed by atoms with E-state index in [1.807, 2.05) is 6.92 Å². The first kappa shape index (κ1) is 15.1. The zero-order valence-corrected chi connectivity index (χ0v) is 12.3. The highest BCUT2D eigenvalue weighted by molar-refractivity contribution is 9.10. The van der Waals surface area contributed by atoms with E-state index in [4.69, 9.17) is 4.42 Å². The lowest BCUT2D eigenvalue weighted by Gasteiger charge is -2.09. The molecule has 1 N–H and O–H groups in total. The van der Waals surface area contributed by atoms with E-state index in [0.717, 1.165) is 18.7 Å². The molecule has 0 radical (unpaired) electrons. The Kier molecular flexibility index (Phi) is 4.55. The van der Waals surface area contributed by atoms with Crippen molar-refractivity contribution in [1.29, 1.82) is 0 Å². The van der Waals surface area contributed by atoms with Crippen molar-refractivity contribution >= 4 is 15.9 Å². The molecule has 20 heavy (non-hydrogen) atoms. The maximum absolute atomic E-state index is 12.7. The van der Waals surface area contributed by atoms with E-state index in [2.05, 4.69) is 21.2 Å². The maximum atomic E-state index is 12.7. The molecule has 0 amide bonds. The third-order valence-corrected chi connectivity index (χ3v) is 3.46. The highest BCUT2D eigenvalue weighted by atomic mass is 79.9. The molecule has 0 spiro atoms. The Balaban J connectivity index is 2.34.